The van der Waals surface area contributed by atoms with Gasteiger partial charge in [-0.05, 0) is 80.2 Å². The molecule has 0 radical (unpaired) electrons. The van der Waals surface area contributed by atoms with E-state index in [1.807, 2.05) is 42.6 Å². The lowest BCUT2D eigenvalue weighted by Crippen LogP contribution is -1.91. The summed E-state index contributed by atoms with van der Waals surface area (Å²) in [6.45, 7) is 0. The van der Waals surface area contributed by atoms with Gasteiger partial charge in [0, 0.05) is 18.0 Å². The zero-order chi connectivity index (χ0) is 27.2. The third-order valence-corrected chi connectivity index (χ3v) is 7.87. The average Bonchev–Trinajstić information content (AvgIpc) is 3.44. The maximum Gasteiger partial charge on any atom is 0.138 e. The van der Waals surface area contributed by atoms with E-state index in [1.54, 1.807) is 0 Å². The Morgan fingerprint density at radius 1 is 0.488 bits per heavy atom. The summed E-state index contributed by atoms with van der Waals surface area (Å²) in [5.41, 5.74) is 9.77. The van der Waals surface area contributed by atoms with Crippen molar-refractivity contribution in [3.05, 3.63) is 152 Å². The highest BCUT2D eigenvalue weighted by atomic mass is 15.0. The minimum Gasteiger partial charge on any atom is -0.299 e. The number of rotatable bonds is 4. The lowest BCUT2D eigenvalue weighted by Gasteiger charge is -2.13. The van der Waals surface area contributed by atoms with Crippen molar-refractivity contribution < 1.29 is 0 Å². The van der Waals surface area contributed by atoms with Gasteiger partial charge < -0.3 is 0 Å². The molecule has 0 N–H and O–H groups in total. The molecule has 0 aliphatic carbocycles. The highest BCUT2D eigenvalue weighted by Crippen LogP contribution is 2.38. The van der Waals surface area contributed by atoms with Crippen LogP contribution in [-0.4, -0.2) is 14.4 Å². The fraction of sp³-hybridized carbons (Fsp3) is 0. The van der Waals surface area contributed by atoms with Crippen molar-refractivity contribution in [3.8, 4) is 44.9 Å². The van der Waals surface area contributed by atoms with Crippen molar-refractivity contribution in [1.82, 2.24) is 14.4 Å². The molecule has 0 bridgehead atoms. The standard InChI is InChI=1S/C38H25N3/c1-2-10-26(11-3-1)31-20-21-32(34-13-5-4-12-33(31)34)29-18-16-28-25-30(19-17-27(28)24-29)38-37(35-14-6-8-22-39-35)40-36-15-7-9-23-41(36)38/h1-25H. The van der Waals surface area contributed by atoms with Crippen molar-refractivity contribution in [2.75, 3.05) is 0 Å². The van der Waals surface area contributed by atoms with Crippen molar-refractivity contribution in [1.29, 1.82) is 0 Å². The van der Waals surface area contributed by atoms with Crippen LogP contribution in [0.3, 0.4) is 0 Å². The third-order valence-electron chi connectivity index (χ3n) is 7.87. The monoisotopic (exact) mass is 523 g/mol. The first-order valence-corrected chi connectivity index (χ1v) is 13.8. The van der Waals surface area contributed by atoms with E-state index < -0.39 is 0 Å². The van der Waals surface area contributed by atoms with Crippen LogP contribution in [0.25, 0.3) is 72.1 Å². The first-order chi connectivity index (χ1) is 20.3. The second kappa shape index (κ2) is 9.58. The highest BCUT2D eigenvalue weighted by molar-refractivity contribution is 6.06. The molecular weight excluding hydrogens is 498 g/mol. The van der Waals surface area contributed by atoms with E-state index >= 15 is 0 Å². The lowest BCUT2D eigenvalue weighted by molar-refractivity contribution is 1.19. The molecule has 8 rings (SSSR count). The predicted octanol–water partition coefficient (Wildman–Crippen LogP) is 9.70. The molecule has 0 saturated heterocycles. The van der Waals surface area contributed by atoms with Crippen LogP contribution in [0.1, 0.15) is 0 Å². The van der Waals surface area contributed by atoms with E-state index in [0.29, 0.717) is 0 Å². The zero-order valence-electron chi connectivity index (χ0n) is 22.3. The summed E-state index contributed by atoms with van der Waals surface area (Å²) in [6, 6.07) is 49.4. The fourth-order valence-electron chi connectivity index (χ4n) is 5.93. The van der Waals surface area contributed by atoms with Crippen molar-refractivity contribution in [2.24, 2.45) is 0 Å². The second-order valence-electron chi connectivity index (χ2n) is 10.3. The van der Waals surface area contributed by atoms with Crippen molar-refractivity contribution in [3.63, 3.8) is 0 Å². The van der Waals surface area contributed by atoms with E-state index in [4.69, 9.17) is 4.98 Å². The van der Waals surface area contributed by atoms with Crippen molar-refractivity contribution >= 4 is 27.2 Å². The molecule has 3 heteroatoms. The summed E-state index contributed by atoms with van der Waals surface area (Å²) < 4.78 is 2.15. The van der Waals surface area contributed by atoms with E-state index in [0.717, 1.165) is 28.3 Å². The van der Waals surface area contributed by atoms with Crippen LogP contribution in [0.5, 0.6) is 0 Å². The quantitative estimate of drug-likeness (QED) is 0.230. The van der Waals surface area contributed by atoms with Gasteiger partial charge in [0.25, 0.3) is 0 Å². The molecule has 0 aliphatic rings. The van der Waals surface area contributed by atoms with Gasteiger partial charge in [-0.15, -0.1) is 0 Å². The number of benzene rings is 5. The number of aromatic nitrogens is 3. The number of imidazole rings is 1. The number of hydrogen-bond donors (Lipinski definition) is 0. The van der Waals surface area contributed by atoms with Crippen LogP contribution in [0, 0.1) is 0 Å². The van der Waals surface area contributed by atoms with Gasteiger partial charge in [0.05, 0.1) is 11.4 Å². The molecule has 0 aliphatic heterocycles. The van der Waals surface area contributed by atoms with Gasteiger partial charge in [-0.1, -0.05) is 103 Å². The van der Waals surface area contributed by atoms with E-state index in [1.165, 1.54) is 43.8 Å². The highest BCUT2D eigenvalue weighted by Gasteiger charge is 2.17. The van der Waals surface area contributed by atoms with Crippen LogP contribution in [-0.2, 0) is 0 Å². The Morgan fingerprint density at radius 2 is 1.15 bits per heavy atom. The summed E-state index contributed by atoms with van der Waals surface area (Å²) in [5, 5.41) is 4.92. The molecule has 5 aromatic carbocycles. The Labute approximate surface area is 238 Å². The summed E-state index contributed by atoms with van der Waals surface area (Å²) in [7, 11) is 0. The summed E-state index contributed by atoms with van der Waals surface area (Å²) >= 11 is 0. The predicted molar refractivity (Wildman–Crippen MR) is 170 cm³/mol. The van der Waals surface area contributed by atoms with E-state index in [9.17, 15) is 0 Å². The first kappa shape index (κ1) is 23.4. The molecule has 192 valence electrons. The molecule has 41 heavy (non-hydrogen) atoms. The van der Waals surface area contributed by atoms with Gasteiger partial charge in [0.1, 0.15) is 11.3 Å². The normalized spacial score (nSPS) is 11.4. The Bertz CT molecular complexity index is 2200. The van der Waals surface area contributed by atoms with Gasteiger partial charge in [-0.3, -0.25) is 9.38 Å². The van der Waals surface area contributed by atoms with Crippen LogP contribution in [0.2, 0.25) is 0 Å². The van der Waals surface area contributed by atoms with Gasteiger partial charge >= 0.3 is 0 Å². The number of pyridine rings is 2. The van der Waals surface area contributed by atoms with Gasteiger partial charge in [-0.25, -0.2) is 4.98 Å². The molecule has 3 aromatic heterocycles. The third kappa shape index (κ3) is 3.98. The Kier molecular flexibility index (Phi) is 5.46. The zero-order valence-corrected chi connectivity index (χ0v) is 22.3. The molecule has 0 atom stereocenters. The minimum absolute atomic E-state index is 0.868. The maximum atomic E-state index is 4.95. The fourth-order valence-corrected chi connectivity index (χ4v) is 5.93. The molecule has 3 nitrogen and oxygen atoms in total. The smallest absolute Gasteiger partial charge is 0.138 e. The first-order valence-electron chi connectivity index (χ1n) is 13.8. The molecule has 0 unspecified atom stereocenters. The Morgan fingerprint density at radius 3 is 1.90 bits per heavy atom. The minimum atomic E-state index is 0.868. The van der Waals surface area contributed by atoms with Gasteiger partial charge in [-0.2, -0.15) is 0 Å². The summed E-state index contributed by atoms with van der Waals surface area (Å²) in [6.07, 6.45) is 3.89. The molecule has 8 aromatic rings. The summed E-state index contributed by atoms with van der Waals surface area (Å²) in [4.78, 5) is 9.56. The molecule has 0 amide bonds. The molecule has 0 fully saturated rings. The van der Waals surface area contributed by atoms with Crippen LogP contribution in [0.15, 0.2) is 152 Å². The molecule has 0 saturated carbocycles. The topological polar surface area (TPSA) is 30.2 Å². The maximum absolute atomic E-state index is 4.95. The molecular formula is C38H25N3. The van der Waals surface area contributed by atoms with Crippen LogP contribution >= 0.6 is 0 Å². The van der Waals surface area contributed by atoms with E-state index in [2.05, 4.69) is 119 Å². The van der Waals surface area contributed by atoms with Gasteiger partial charge in [0.15, 0.2) is 0 Å². The Balaban J connectivity index is 1.26. The second-order valence-corrected chi connectivity index (χ2v) is 10.3. The van der Waals surface area contributed by atoms with Crippen LogP contribution < -0.4 is 0 Å². The summed E-state index contributed by atoms with van der Waals surface area (Å²) in [5.74, 6) is 0. The number of fused-ring (bicyclic) bond motifs is 3. The SMILES string of the molecule is c1ccc(-c2ccc(-c3ccc4cc(-c5c(-c6ccccn6)nc6ccccn56)ccc4c3)c3ccccc23)cc1. The number of nitrogens with zero attached hydrogens (tertiary/aromatic N) is 3. The lowest BCUT2D eigenvalue weighted by atomic mass is 9.91. The average molecular weight is 524 g/mol. The molecule has 3 heterocycles. The number of hydrogen-bond acceptors (Lipinski definition) is 2. The van der Waals surface area contributed by atoms with E-state index in [-0.39, 0.29) is 0 Å². The van der Waals surface area contributed by atoms with Crippen molar-refractivity contribution in [2.45, 2.75) is 0 Å². The molecule has 0 spiro atoms. The largest absolute Gasteiger partial charge is 0.299 e. The van der Waals surface area contributed by atoms with Crippen LogP contribution in [0.4, 0.5) is 0 Å². The van der Waals surface area contributed by atoms with Gasteiger partial charge in [0.2, 0.25) is 0 Å². The Hall–Kier alpha value is -5.54.